The maximum Gasteiger partial charge on any atom is 0.310 e. The number of nitrogens with zero attached hydrogens (tertiary/aromatic N) is 1. The van der Waals surface area contributed by atoms with Crippen LogP contribution in [0.4, 0.5) is 0 Å². The summed E-state index contributed by atoms with van der Waals surface area (Å²) in [6, 6.07) is 14.6. The smallest absolute Gasteiger partial charge is 0.310 e. The van der Waals surface area contributed by atoms with Gasteiger partial charge in [-0.3, -0.25) is 9.59 Å². The second kappa shape index (κ2) is 9.62. The molecule has 0 saturated heterocycles. The van der Waals surface area contributed by atoms with Crippen LogP contribution in [-0.2, 0) is 16.1 Å². The summed E-state index contributed by atoms with van der Waals surface area (Å²) in [5.74, 6) is 0.0304. The molecular formula is C21H25NO5. The van der Waals surface area contributed by atoms with Crippen LogP contribution in [0.15, 0.2) is 48.5 Å². The third kappa shape index (κ3) is 5.48. The topological polar surface area (TPSA) is 65.1 Å². The number of amides is 1. The molecule has 2 aromatic rings. The number of rotatable bonds is 8. The number of methoxy groups -OCH3 is 3. The Balaban J connectivity index is 2.33. The lowest BCUT2D eigenvalue weighted by Crippen LogP contribution is -2.36. The van der Waals surface area contributed by atoms with Gasteiger partial charge in [0.05, 0.1) is 27.2 Å². The Morgan fingerprint density at radius 2 is 1.56 bits per heavy atom. The van der Waals surface area contributed by atoms with Crippen molar-refractivity contribution in [3.8, 4) is 11.5 Å². The maximum absolute atomic E-state index is 13.2. The van der Waals surface area contributed by atoms with Crippen LogP contribution in [-0.4, -0.2) is 44.7 Å². The molecule has 0 aliphatic rings. The molecule has 1 atom stereocenters. The molecule has 1 amide bonds. The average molecular weight is 371 g/mol. The predicted octanol–water partition coefficient (Wildman–Crippen LogP) is 3.16. The third-order valence-corrected chi connectivity index (χ3v) is 4.20. The van der Waals surface area contributed by atoms with E-state index in [0.29, 0.717) is 23.6 Å². The van der Waals surface area contributed by atoms with E-state index >= 15 is 0 Å². The van der Waals surface area contributed by atoms with Crippen molar-refractivity contribution in [1.29, 1.82) is 0 Å². The molecule has 0 aliphatic heterocycles. The first-order chi connectivity index (χ1) is 13.0. The van der Waals surface area contributed by atoms with Gasteiger partial charge in [0, 0.05) is 24.7 Å². The van der Waals surface area contributed by atoms with Crippen molar-refractivity contribution in [3.05, 3.63) is 59.7 Å². The Bertz CT molecular complexity index is 753. The van der Waals surface area contributed by atoms with Gasteiger partial charge in [-0.15, -0.1) is 0 Å². The lowest BCUT2D eigenvalue weighted by atomic mass is 10.1. The van der Waals surface area contributed by atoms with Crippen molar-refractivity contribution in [2.45, 2.75) is 13.5 Å². The number of esters is 1. The molecular weight excluding hydrogens is 346 g/mol. The van der Waals surface area contributed by atoms with Gasteiger partial charge >= 0.3 is 5.97 Å². The summed E-state index contributed by atoms with van der Waals surface area (Å²) >= 11 is 0. The van der Waals surface area contributed by atoms with Crippen molar-refractivity contribution in [2.75, 3.05) is 27.9 Å². The molecule has 6 heteroatoms. The number of benzene rings is 2. The summed E-state index contributed by atoms with van der Waals surface area (Å²) in [5, 5.41) is 0. The van der Waals surface area contributed by atoms with Crippen molar-refractivity contribution in [3.63, 3.8) is 0 Å². The Kier molecular flexibility index (Phi) is 7.23. The highest BCUT2D eigenvalue weighted by atomic mass is 16.5. The van der Waals surface area contributed by atoms with Gasteiger partial charge in [0.1, 0.15) is 11.5 Å². The van der Waals surface area contributed by atoms with Gasteiger partial charge < -0.3 is 19.1 Å². The van der Waals surface area contributed by atoms with E-state index in [9.17, 15) is 9.59 Å². The highest BCUT2D eigenvalue weighted by Gasteiger charge is 2.23. The lowest BCUT2D eigenvalue weighted by molar-refractivity contribution is -0.145. The van der Waals surface area contributed by atoms with Crippen molar-refractivity contribution >= 4 is 11.9 Å². The number of ether oxygens (including phenoxy) is 3. The number of carbonyl (C=O) groups excluding carboxylic acids is 2. The van der Waals surface area contributed by atoms with Gasteiger partial charge in [-0.2, -0.15) is 0 Å². The largest absolute Gasteiger partial charge is 0.497 e. The molecule has 0 bridgehead atoms. The maximum atomic E-state index is 13.2. The minimum Gasteiger partial charge on any atom is -0.497 e. The lowest BCUT2D eigenvalue weighted by Gasteiger charge is -2.25. The summed E-state index contributed by atoms with van der Waals surface area (Å²) in [4.78, 5) is 26.7. The Morgan fingerprint density at radius 1 is 0.963 bits per heavy atom. The molecule has 27 heavy (non-hydrogen) atoms. The number of carbonyl (C=O) groups is 2. The molecule has 0 heterocycles. The molecule has 2 rings (SSSR count). The zero-order chi connectivity index (χ0) is 19.8. The Labute approximate surface area is 159 Å². The van der Waals surface area contributed by atoms with Gasteiger partial charge in [-0.05, 0) is 17.7 Å². The van der Waals surface area contributed by atoms with Gasteiger partial charge in [-0.25, -0.2) is 0 Å². The Hall–Kier alpha value is -3.02. The molecule has 144 valence electrons. The van der Waals surface area contributed by atoms with Gasteiger partial charge in [0.2, 0.25) is 0 Å². The normalized spacial score (nSPS) is 11.4. The van der Waals surface area contributed by atoms with Crippen LogP contribution in [0.1, 0.15) is 22.8 Å². The van der Waals surface area contributed by atoms with Crippen LogP contribution in [0.25, 0.3) is 0 Å². The SMILES string of the molecule is COC(=O)C(C)CN(Cc1ccccc1)C(=O)c1cc(OC)cc(OC)c1. The van der Waals surface area contributed by atoms with Gasteiger partial charge in [-0.1, -0.05) is 37.3 Å². The number of hydrogen-bond acceptors (Lipinski definition) is 5. The van der Waals surface area contributed by atoms with E-state index in [0.717, 1.165) is 5.56 Å². The number of hydrogen-bond donors (Lipinski definition) is 0. The van der Waals surface area contributed by atoms with E-state index < -0.39 is 5.92 Å². The van der Waals surface area contributed by atoms with E-state index in [1.165, 1.54) is 21.3 Å². The minimum absolute atomic E-state index is 0.216. The Morgan fingerprint density at radius 3 is 2.07 bits per heavy atom. The van der Waals surface area contributed by atoms with Crippen molar-refractivity contribution < 1.29 is 23.8 Å². The molecule has 0 aliphatic carbocycles. The molecule has 0 aromatic heterocycles. The van der Waals surface area contributed by atoms with Crippen molar-refractivity contribution in [1.82, 2.24) is 4.90 Å². The molecule has 0 radical (unpaired) electrons. The summed E-state index contributed by atoms with van der Waals surface area (Å²) < 4.78 is 15.3. The van der Waals surface area contributed by atoms with E-state index in [4.69, 9.17) is 14.2 Å². The van der Waals surface area contributed by atoms with Crippen molar-refractivity contribution in [2.24, 2.45) is 5.92 Å². The molecule has 1 unspecified atom stereocenters. The van der Waals surface area contributed by atoms with Crippen LogP contribution >= 0.6 is 0 Å². The molecule has 0 spiro atoms. The van der Waals surface area contributed by atoms with Gasteiger partial charge in [0.15, 0.2) is 0 Å². The van der Waals surface area contributed by atoms with E-state index in [-0.39, 0.29) is 18.4 Å². The first-order valence-electron chi connectivity index (χ1n) is 8.62. The zero-order valence-corrected chi connectivity index (χ0v) is 16.1. The molecule has 0 N–H and O–H groups in total. The highest BCUT2D eigenvalue weighted by Crippen LogP contribution is 2.24. The van der Waals surface area contributed by atoms with E-state index in [1.54, 1.807) is 30.0 Å². The predicted molar refractivity (Wildman–Crippen MR) is 102 cm³/mol. The van der Waals surface area contributed by atoms with Crippen LogP contribution < -0.4 is 9.47 Å². The summed E-state index contributed by atoms with van der Waals surface area (Å²) in [5.41, 5.74) is 1.40. The fraction of sp³-hybridized carbons (Fsp3) is 0.333. The first-order valence-corrected chi connectivity index (χ1v) is 8.62. The summed E-state index contributed by atoms with van der Waals surface area (Å²) in [7, 11) is 4.41. The fourth-order valence-electron chi connectivity index (χ4n) is 2.74. The minimum atomic E-state index is -0.449. The second-order valence-corrected chi connectivity index (χ2v) is 6.20. The molecule has 0 saturated carbocycles. The molecule has 6 nitrogen and oxygen atoms in total. The van der Waals surface area contributed by atoms with Crippen LogP contribution in [0.2, 0.25) is 0 Å². The van der Waals surface area contributed by atoms with E-state index in [2.05, 4.69) is 0 Å². The first kappa shape index (κ1) is 20.3. The van der Waals surface area contributed by atoms with Crippen LogP contribution in [0.5, 0.6) is 11.5 Å². The highest BCUT2D eigenvalue weighted by molar-refractivity contribution is 5.95. The average Bonchev–Trinajstić information content (AvgIpc) is 2.72. The van der Waals surface area contributed by atoms with Gasteiger partial charge in [0.25, 0.3) is 5.91 Å². The molecule has 0 fully saturated rings. The fourth-order valence-corrected chi connectivity index (χ4v) is 2.74. The standard InChI is InChI=1S/C21H25NO5/c1-15(21(24)27-4)13-22(14-16-8-6-5-7-9-16)20(23)17-10-18(25-2)12-19(11-17)26-3/h5-12,15H,13-14H2,1-4H3. The van der Waals surface area contributed by atoms with Crippen LogP contribution in [0, 0.1) is 5.92 Å². The monoisotopic (exact) mass is 371 g/mol. The van der Waals surface area contributed by atoms with E-state index in [1.807, 2.05) is 30.3 Å². The van der Waals surface area contributed by atoms with Crippen LogP contribution in [0.3, 0.4) is 0 Å². The zero-order valence-electron chi connectivity index (χ0n) is 16.1. The second-order valence-electron chi connectivity index (χ2n) is 6.20. The summed E-state index contributed by atoms with van der Waals surface area (Å²) in [6.45, 7) is 2.35. The quantitative estimate of drug-likeness (QED) is 0.667. The summed E-state index contributed by atoms with van der Waals surface area (Å²) in [6.07, 6.45) is 0. The molecule has 2 aromatic carbocycles. The third-order valence-electron chi connectivity index (χ3n) is 4.20.